The standard InChI is InChI=1S/C54H31N5/c1-2-14-34(15-3-1)57-44-23-10-7-17-36(44)38-27-26-33(31-48(38)57)51-40-19-6-9-22-43(40)55-54(56-51)59-47-30-29-46-49(50(47)42-28-25-32-13-4-5-16-35(32)52(42)59)41-21-12-20-39-37-18-8-11-24-45(37)58(46)53(39)41/h1-31H. The van der Waals surface area contributed by atoms with Gasteiger partial charge in [0.25, 0.3) is 0 Å². The van der Waals surface area contributed by atoms with Crippen LogP contribution in [0.15, 0.2) is 188 Å². The van der Waals surface area contributed by atoms with Gasteiger partial charge in [0.15, 0.2) is 0 Å². The van der Waals surface area contributed by atoms with Crippen molar-refractivity contribution in [3.05, 3.63) is 188 Å². The zero-order valence-corrected chi connectivity index (χ0v) is 31.6. The van der Waals surface area contributed by atoms with Gasteiger partial charge in [-0.15, -0.1) is 0 Å². The van der Waals surface area contributed by atoms with E-state index in [4.69, 9.17) is 9.97 Å². The minimum Gasteiger partial charge on any atom is -0.309 e. The molecule has 0 unspecified atom stereocenters. The fourth-order valence-electron chi connectivity index (χ4n) is 10.4. The molecular weight excluding hydrogens is 719 g/mol. The largest absolute Gasteiger partial charge is 0.309 e. The molecule has 5 nitrogen and oxygen atoms in total. The van der Waals surface area contributed by atoms with Crippen molar-refractivity contribution in [1.29, 1.82) is 0 Å². The monoisotopic (exact) mass is 749 g/mol. The van der Waals surface area contributed by atoms with Crippen LogP contribution in [-0.4, -0.2) is 23.5 Å². The summed E-state index contributed by atoms with van der Waals surface area (Å²) in [5, 5.41) is 13.3. The average Bonchev–Trinajstić information content (AvgIpc) is 4.03. The lowest BCUT2D eigenvalue weighted by Gasteiger charge is -2.13. The molecule has 5 heteroatoms. The van der Waals surface area contributed by atoms with Gasteiger partial charge in [0.05, 0.1) is 49.8 Å². The van der Waals surface area contributed by atoms with Crippen LogP contribution in [-0.2, 0) is 0 Å². The number of nitrogens with zero attached hydrogens (tertiary/aromatic N) is 5. The lowest BCUT2D eigenvalue weighted by molar-refractivity contribution is 1.02. The van der Waals surface area contributed by atoms with Crippen LogP contribution in [0.5, 0.6) is 0 Å². The van der Waals surface area contributed by atoms with E-state index in [0.717, 1.165) is 44.4 Å². The predicted octanol–water partition coefficient (Wildman–Crippen LogP) is 13.8. The van der Waals surface area contributed by atoms with Crippen molar-refractivity contribution in [3.63, 3.8) is 0 Å². The van der Waals surface area contributed by atoms with Crippen molar-refractivity contribution in [2.75, 3.05) is 0 Å². The molecule has 0 fully saturated rings. The van der Waals surface area contributed by atoms with Crippen molar-refractivity contribution < 1.29 is 0 Å². The van der Waals surface area contributed by atoms with Gasteiger partial charge in [-0.1, -0.05) is 140 Å². The Balaban J connectivity index is 1.11. The molecule has 272 valence electrons. The molecule has 5 aromatic heterocycles. The maximum Gasteiger partial charge on any atom is 0.235 e. The smallest absolute Gasteiger partial charge is 0.235 e. The summed E-state index contributed by atoms with van der Waals surface area (Å²) in [6.45, 7) is 0. The molecular formula is C54H31N5. The number of fused-ring (bicyclic) bond motifs is 16. The minimum absolute atomic E-state index is 0.653. The summed E-state index contributed by atoms with van der Waals surface area (Å²) in [6, 6.07) is 68.0. The van der Waals surface area contributed by atoms with E-state index < -0.39 is 0 Å². The van der Waals surface area contributed by atoms with Crippen LogP contribution in [0.4, 0.5) is 0 Å². The third kappa shape index (κ3) is 4.03. The first-order valence-corrected chi connectivity index (χ1v) is 20.2. The predicted molar refractivity (Wildman–Crippen MR) is 246 cm³/mol. The Morgan fingerprint density at radius 2 is 0.966 bits per heavy atom. The Morgan fingerprint density at radius 1 is 0.339 bits per heavy atom. The van der Waals surface area contributed by atoms with Crippen LogP contribution in [0.2, 0.25) is 0 Å². The van der Waals surface area contributed by atoms with Gasteiger partial charge in [0, 0.05) is 65.1 Å². The number of rotatable bonds is 3. The van der Waals surface area contributed by atoms with E-state index in [9.17, 15) is 0 Å². The Bertz CT molecular complexity index is 4070. The molecule has 0 atom stereocenters. The molecule has 14 rings (SSSR count). The Hall–Kier alpha value is -8.02. The maximum absolute atomic E-state index is 5.62. The van der Waals surface area contributed by atoms with E-state index in [1.807, 2.05) is 0 Å². The zero-order chi connectivity index (χ0) is 38.3. The van der Waals surface area contributed by atoms with E-state index in [2.05, 4.69) is 202 Å². The topological polar surface area (TPSA) is 40.0 Å². The zero-order valence-electron chi connectivity index (χ0n) is 31.6. The molecule has 0 saturated carbocycles. The summed E-state index contributed by atoms with van der Waals surface area (Å²) in [7, 11) is 0. The molecule has 0 spiro atoms. The van der Waals surface area contributed by atoms with Gasteiger partial charge in [-0.3, -0.25) is 4.57 Å². The van der Waals surface area contributed by atoms with Crippen LogP contribution in [0.3, 0.4) is 0 Å². The molecule has 5 heterocycles. The summed E-state index contributed by atoms with van der Waals surface area (Å²) in [4.78, 5) is 11.0. The second-order valence-corrected chi connectivity index (χ2v) is 15.7. The highest BCUT2D eigenvalue weighted by atomic mass is 15.2. The first-order valence-electron chi connectivity index (χ1n) is 20.2. The summed E-state index contributed by atoms with van der Waals surface area (Å²) in [6.07, 6.45) is 0. The Kier molecular flexibility index (Phi) is 5.96. The molecule has 0 bridgehead atoms. The summed E-state index contributed by atoms with van der Waals surface area (Å²) in [5.74, 6) is 0.653. The lowest BCUT2D eigenvalue weighted by Crippen LogP contribution is -2.04. The lowest BCUT2D eigenvalue weighted by atomic mass is 10.0. The average molecular weight is 750 g/mol. The van der Waals surface area contributed by atoms with Crippen molar-refractivity contribution in [3.8, 4) is 22.9 Å². The highest BCUT2D eigenvalue weighted by Gasteiger charge is 2.25. The van der Waals surface area contributed by atoms with E-state index in [1.165, 1.54) is 75.9 Å². The molecule has 0 aliphatic rings. The molecule has 0 radical (unpaired) electrons. The van der Waals surface area contributed by atoms with Crippen LogP contribution < -0.4 is 0 Å². The molecule has 0 N–H and O–H groups in total. The normalized spacial score (nSPS) is 12.4. The van der Waals surface area contributed by atoms with Crippen molar-refractivity contribution >= 4 is 103 Å². The van der Waals surface area contributed by atoms with Gasteiger partial charge in [-0.2, -0.15) is 0 Å². The third-order valence-electron chi connectivity index (χ3n) is 12.8. The number of aromatic nitrogens is 5. The van der Waals surface area contributed by atoms with E-state index >= 15 is 0 Å². The Morgan fingerprint density at radius 3 is 1.85 bits per heavy atom. The first-order chi connectivity index (χ1) is 29.3. The van der Waals surface area contributed by atoms with Gasteiger partial charge in [0.2, 0.25) is 5.95 Å². The second-order valence-electron chi connectivity index (χ2n) is 15.7. The molecule has 14 aromatic rings. The minimum atomic E-state index is 0.653. The van der Waals surface area contributed by atoms with Crippen molar-refractivity contribution in [2.24, 2.45) is 0 Å². The molecule has 0 aliphatic carbocycles. The van der Waals surface area contributed by atoms with Crippen molar-refractivity contribution in [2.45, 2.75) is 0 Å². The van der Waals surface area contributed by atoms with E-state index in [0.29, 0.717) is 5.95 Å². The van der Waals surface area contributed by atoms with E-state index in [1.54, 1.807) is 0 Å². The molecule has 9 aromatic carbocycles. The van der Waals surface area contributed by atoms with Gasteiger partial charge < -0.3 is 8.97 Å². The van der Waals surface area contributed by atoms with Gasteiger partial charge in [-0.25, -0.2) is 9.97 Å². The summed E-state index contributed by atoms with van der Waals surface area (Å²) in [5.41, 5.74) is 12.2. The van der Waals surface area contributed by atoms with Crippen molar-refractivity contribution in [1.82, 2.24) is 23.5 Å². The third-order valence-corrected chi connectivity index (χ3v) is 12.8. The first kappa shape index (κ1) is 31.1. The fraction of sp³-hybridized carbons (Fsp3) is 0. The summed E-state index contributed by atoms with van der Waals surface area (Å²) >= 11 is 0. The SMILES string of the molecule is c1ccc(-n2c3ccccc3c3ccc(-c4nc(-n5c6ccc7c(c8cccc9c%10ccccc%10n7c98)c6c6ccc7ccccc7c65)nc5ccccc45)cc32)cc1. The number of benzene rings is 9. The highest BCUT2D eigenvalue weighted by Crippen LogP contribution is 2.46. The number of hydrogen-bond donors (Lipinski definition) is 0. The molecule has 0 aliphatic heterocycles. The quantitative estimate of drug-likeness (QED) is 0.180. The number of hydrogen-bond acceptors (Lipinski definition) is 2. The highest BCUT2D eigenvalue weighted by molar-refractivity contribution is 6.34. The van der Waals surface area contributed by atoms with Gasteiger partial charge in [-0.05, 0) is 53.9 Å². The van der Waals surface area contributed by atoms with Crippen LogP contribution in [0.25, 0.3) is 126 Å². The van der Waals surface area contributed by atoms with E-state index in [-0.39, 0.29) is 0 Å². The molecule has 0 amide bonds. The molecule has 59 heavy (non-hydrogen) atoms. The van der Waals surface area contributed by atoms with Crippen LogP contribution in [0.1, 0.15) is 0 Å². The second kappa shape index (κ2) is 11.3. The van der Waals surface area contributed by atoms with Crippen LogP contribution in [0, 0.1) is 0 Å². The summed E-state index contributed by atoms with van der Waals surface area (Å²) < 4.78 is 7.17. The van der Waals surface area contributed by atoms with Crippen LogP contribution >= 0.6 is 0 Å². The van der Waals surface area contributed by atoms with Gasteiger partial charge in [0.1, 0.15) is 0 Å². The maximum atomic E-state index is 5.62. The van der Waals surface area contributed by atoms with Gasteiger partial charge >= 0.3 is 0 Å². The Labute approximate surface area is 336 Å². The fourth-order valence-corrected chi connectivity index (χ4v) is 10.4. The number of para-hydroxylation sites is 5. The molecule has 0 saturated heterocycles.